The van der Waals surface area contributed by atoms with Gasteiger partial charge in [0.25, 0.3) is 5.91 Å². The molecule has 3 nitrogen and oxygen atoms in total. The van der Waals surface area contributed by atoms with Crippen molar-refractivity contribution in [2.75, 3.05) is 6.54 Å². The van der Waals surface area contributed by atoms with Crippen LogP contribution in [-0.2, 0) is 11.2 Å². The maximum Gasteiger partial charge on any atom is 0.267 e. The Labute approximate surface area is 104 Å². The lowest BCUT2D eigenvalue weighted by Gasteiger charge is -2.14. The van der Waals surface area contributed by atoms with E-state index < -0.39 is 11.0 Å². The Morgan fingerprint density at radius 2 is 2.00 bits per heavy atom. The molecule has 0 aromatic heterocycles. The van der Waals surface area contributed by atoms with E-state index in [1.165, 1.54) is 6.92 Å². The number of carbonyl (C=O) groups excluding carboxylic acids is 1. The van der Waals surface area contributed by atoms with Crippen LogP contribution in [0.3, 0.4) is 0 Å². The van der Waals surface area contributed by atoms with Crippen molar-refractivity contribution in [2.24, 2.45) is 0 Å². The van der Waals surface area contributed by atoms with Crippen LogP contribution in [0.25, 0.3) is 0 Å². The summed E-state index contributed by atoms with van der Waals surface area (Å²) in [5.74, 6) is -0.594. The predicted molar refractivity (Wildman–Crippen MR) is 64.6 cm³/mol. The number of amides is 1. The Morgan fingerprint density at radius 3 is 2.50 bits per heavy atom. The maximum atomic E-state index is 11.2. The molecule has 1 rings (SSSR count). The van der Waals surface area contributed by atoms with Crippen LogP contribution >= 0.6 is 23.2 Å². The van der Waals surface area contributed by atoms with Gasteiger partial charge in [-0.3, -0.25) is 4.79 Å². The molecule has 0 saturated carbocycles. The highest BCUT2D eigenvalue weighted by Gasteiger charge is 2.25. The lowest BCUT2D eigenvalue weighted by atomic mass is 10.1. The highest BCUT2D eigenvalue weighted by Crippen LogP contribution is 2.10. The van der Waals surface area contributed by atoms with Crippen LogP contribution in [0.1, 0.15) is 12.5 Å². The van der Waals surface area contributed by atoms with Crippen molar-refractivity contribution >= 4 is 29.1 Å². The molecule has 1 atom stereocenters. The topological polar surface area (TPSA) is 49.3 Å². The molecule has 5 heteroatoms. The van der Waals surface area contributed by atoms with Gasteiger partial charge in [0.15, 0.2) is 0 Å². The number of carbonyl (C=O) groups is 1. The molecule has 88 valence electrons. The second kappa shape index (κ2) is 5.53. The van der Waals surface area contributed by atoms with Crippen molar-refractivity contribution in [1.29, 1.82) is 0 Å². The van der Waals surface area contributed by atoms with Gasteiger partial charge >= 0.3 is 0 Å². The van der Waals surface area contributed by atoms with Gasteiger partial charge in [0, 0.05) is 11.6 Å². The molecule has 0 bridgehead atoms. The van der Waals surface area contributed by atoms with Crippen molar-refractivity contribution in [1.82, 2.24) is 5.32 Å². The van der Waals surface area contributed by atoms with Crippen LogP contribution in [0.2, 0.25) is 5.02 Å². The van der Waals surface area contributed by atoms with E-state index in [-0.39, 0.29) is 0 Å². The van der Waals surface area contributed by atoms with E-state index in [2.05, 4.69) is 5.32 Å². The van der Waals surface area contributed by atoms with E-state index in [0.717, 1.165) is 5.56 Å². The average molecular weight is 262 g/mol. The molecule has 0 heterocycles. The molecular formula is C11H13Cl2NO2. The van der Waals surface area contributed by atoms with Crippen molar-refractivity contribution in [3.05, 3.63) is 34.9 Å². The van der Waals surface area contributed by atoms with Crippen LogP contribution in [0.5, 0.6) is 0 Å². The molecule has 0 fully saturated rings. The number of hydrogen-bond donors (Lipinski definition) is 2. The minimum absolute atomic E-state index is 0.420. The molecule has 0 spiro atoms. The highest BCUT2D eigenvalue weighted by atomic mass is 35.5. The Bertz CT molecular complexity index is 357. The zero-order chi connectivity index (χ0) is 12.2. The van der Waals surface area contributed by atoms with Crippen molar-refractivity contribution < 1.29 is 9.90 Å². The summed E-state index contributed by atoms with van der Waals surface area (Å²) in [6.45, 7) is 1.65. The van der Waals surface area contributed by atoms with Crippen LogP contribution in [0.4, 0.5) is 0 Å². The summed E-state index contributed by atoms with van der Waals surface area (Å²) in [6.07, 6.45) is 0.663. The van der Waals surface area contributed by atoms with E-state index in [4.69, 9.17) is 28.3 Å². The Morgan fingerprint density at radius 1 is 1.44 bits per heavy atom. The standard InChI is InChI=1S/C11H13Cl2NO2/c1-11(13,16)10(15)14-7-6-8-2-4-9(12)5-3-8/h2-5,16H,6-7H2,1H3,(H,14,15). The summed E-state index contributed by atoms with van der Waals surface area (Å²) in [5, 5.41) is 10.5. The van der Waals surface area contributed by atoms with Crippen LogP contribution < -0.4 is 5.32 Å². The zero-order valence-electron chi connectivity index (χ0n) is 8.84. The van der Waals surface area contributed by atoms with E-state index in [1.54, 1.807) is 12.1 Å². The second-order valence-electron chi connectivity index (χ2n) is 3.59. The highest BCUT2D eigenvalue weighted by molar-refractivity contribution is 6.33. The van der Waals surface area contributed by atoms with Gasteiger partial charge in [-0.25, -0.2) is 0 Å². The summed E-state index contributed by atoms with van der Waals surface area (Å²) in [4.78, 5) is 11.2. The van der Waals surface area contributed by atoms with Gasteiger partial charge < -0.3 is 10.4 Å². The van der Waals surface area contributed by atoms with Crippen LogP contribution in [0.15, 0.2) is 24.3 Å². The number of aliphatic hydroxyl groups is 1. The molecule has 0 saturated heterocycles. The largest absolute Gasteiger partial charge is 0.367 e. The van der Waals surface area contributed by atoms with Crippen LogP contribution in [0, 0.1) is 0 Å². The Kier molecular flexibility index (Phi) is 4.59. The number of hydrogen-bond acceptors (Lipinski definition) is 2. The zero-order valence-corrected chi connectivity index (χ0v) is 10.3. The fraction of sp³-hybridized carbons (Fsp3) is 0.364. The number of nitrogens with one attached hydrogen (secondary N) is 1. The Balaban J connectivity index is 2.36. The van der Waals surface area contributed by atoms with Gasteiger partial charge in [0.2, 0.25) is 5.06 Å². The number of alkyl halides is 1. The predicted octanol–water partition coefficient (Wildman–Crippen LogP) is 1.95. The van der Waals surface area contributed by atoms with E-state index >= 15 is 0 Å². The first kappa shape index (κ1) is 13.3. The van der Waals surface area contributed by atoms with Crippen molar-refractivity contribution in [2.45, 2.75) is 18.4 Å². The van der Waals surface area contributed by atoms with Gasteiger partial charge in [-0.05, 0) is 31.0 Å². The van der Waals surface area contributed by atoms with Crippen molar-refractivity contribution in [3.63, 3.8) is 0 Å². The fourth-order valence-corrected chi connectivity index (χ4v) is 1.33. The first-order chi connectivity index (χ1) is 7.39. The number of halogens is 2. The van der Waals surface area contributed by atoms with E-state index in [9.17, 15) is 4.79 Å². The second-order valence-corrected chi connectivity index (χ2v) is 4.76. The molecule has 0 aliphatic carbocycles. The van der Waals surface area contributed by atoms with E-state index in [1.807, 2.05) is 12.1 Å². The van der Waals surface area contributed by atoms with Crippen LogP contribution in [-0.4, -0.2) is 22.6 Å². The minimum atomic E-state index is -1.85. The molecule has 0 aliphatic rings. The first-order valence-electron chi connectivity index (χ1n) is 4.83. The molecule has 1 amide bonds. The SMILES string of the molecule is CC(O)(Cl)C(=O)NCCc1ccc(Cl)cc1. The minimum Gasteiger partial charge on any atom is -0.367 e. The molecule has 1 aromatic carbocycles. The summed E-state index contributed by atoms with van der Waals surface area (Å²) in [5.41, 5.74) is 1.05. The monoisotopic (exact) mass is 261 g/mol. The summed E-state index contributed by atoms with van der Waals surface area (Å²) in [7, 11) is 0. The van der Waals surface area contributed by atoms with Gasteiger partial charge in [0.1, 0.15) is 0 Å². The van der Waals surface area contributed by atoms with Crippen molar-refractivity contribution in [3.8, 4) is 0 Å². The fourth-order valence-electron chi connectivity index (χ4n) is 1.13. The van der Waals surface area contributed by atoms with E-state index in [0.29, 0.717) is 18.0 Å². The molecule has 16 heavy (non-hydrogen) atoms. The first-order valence-corrected chi connectivity index (χ1v) is 5.59. The summed E-state index contributed by atoms with van der Waals surface area (Å²) < 4.78 is 0. The molecule has 1 aromatic rings. The Hall–Kier alpha value is -0.770. The quantitative estimate of drug-likeness (QED) is 0.815. The van der Waals surface area contributed by atoms with Gasteiger partial charge in [-0.2, -0.15) is 0 Å². The molecule has 0 radical (unpaired) electrons. The molecule has 2 N–H and O–H groups in total. The summed E-state index contributed by atoms with van der Waals surface area (Å²) >= 11 is 11.1. The molecule has 1 unspecified atom stereocenters. The van der Waals surface area contributed by atoms with Gasteiger partial charge in [-0.15, -0.1) is 0 Å². The molecular weight excluding hydrogens is 249 g/mol. The average Bonchev–Trinajstić information content (AvgIpc) is 2.19. The number of rotatable bonds is 4. The third-order valence-corrected chi connectivity index (χ3v) is 2.45. The maximum absolute atomic E-state index is 11.2. The smallest absolute Gasteiger partial charge is 0.267 e. The third kappa shape index (κ3) is 4.39. The lowest BCUT2D eigenvalue weighted by molar-refractivity contribution is -0.131. The molecule has 0 aliphatic heterocycles. The van der Waals surface area contributed by atoms with Gasteiger partial charge in [-0.1, -0.05) is 35.3 Å². The summed E-state index contributed by atoms with van der Waals surface area (Å²) in [6, 6.07) is 7.34. The number of benzene rings is 1. The normalized spacial score (nSPS) is 14.2. The van der Waals surface area contributed by atoms with Gasteiger partial charge in [0.05, 0.1) is 0 Å². The lowest BCUT2D eigenvalue weighted by Crippen LogP contribution is -2.40. The third-order valence-electron chi connectivity index (χ3n) is 2.03.